The zero-order valence-corrected chi connectivity index (χ0v) is 12.5. The van der Waals surface area contributed by atoms with E-state index in [4.69, 9.17) is 21.8 Å². The number of carboxylic acid groups (broad SMARTS) is 2. The van der Waals surface area contributed by atoms with E-state index in [-0.39, 0.29) is 23.2 Å². The first-order valence-corrected chi connectivity index (χ1v) is 7.00. The number of aliphatic carboxylic acids is 2. The highest BCUT2D eigenvalue weighted by Crippen LogP contribution is 2.27. The van der Waals surface area contributed by atoms with Gasteiger partial charge >= 0.3 is 11.9 Å². The van der Waals surface area contributed by atoms with Crippen molar-refractivity contribution in [3.8, 4) is 0 Å². The topological polar surface area (TPSA) is 121 Å². The standard InChI is InChI=1S/C15H12ClNO6/c16-11-12(17-9(15(22)23)5-6-10(18)19)14(21)8-4-2-1-3-7(8)13(11)20/h1-4,9,17H,5-6H2,(H,18,19)(H,22,23)/t9-/m0/s1. The number of rotatable bonds is 6. The summed E-state index contributed by atoms with van der Waals surface area (Å²) in [7, 11) is 0. The lowest BCUT2D eigenvalue weighted by Crippen LogP contribution is -2.41. The van der Waals surface area contributed by atoms with Crippen LogP contribution in [0.4, 0.5) is 0 Å². The number of ketones is 2. The molecule has 1 aromatic carbocycles. The van der Waals surface area contributed by atoms with Crippen molar-refractivity contribution in [3.63, 3.8) is 0 Å². The van der Waals surface area contributed by atoms with Gasteiger partial charge in [0.05, 0.1) is 0 Å². The van der Waals surface area contributed by atoms with Crippen LogP contribution in [0.15, 0.2) is 35.0 Å². The van der Waals surface area contributed by atoms with Gasteiger partial charge in [-0.3, -0.25) is 14.4 Å². The highest BCUT2D eigenvalue weighted by Gasteiger charge is 2.33. The molecule has 1 atom stereocenters. The van der Waals surface area contributed by atoms with Gasteiger partial charge in [-0.2, -0.15) is 0 Å². The van der Waals surface area contributed by atoms with Crippen LogP contribution in [-0.2, 0) is 9.59 Å². The van der Waals surface area contributed by atoms with Crippen molar-refractivity contribution < 1.29 is 29.4 Å². The van der Waals surface area contributed by atoms with Crippen LogP contribution in [0.5, 0.6) is 0 Å². The van der Waals surface area contributed by atoms with Crippen molar-refractivity contribution in [1.29, 1.82) is 0 Å². The molecule has 120 valence electrons. The van der Waals surface area contributed by atoms with E-state index in [1.54, 1.807) is 12.1 Å². The van der Waals surface area contributed by atoms with Gasteiger partial charge in [-0.25, -0.2) is 4.79 Å². The second-order valence-corrected chi connectivity index (χ2v) is 5.24. The molecule has 0 fully saturated rings. The summed E-state index contributed by atoms with van der Waals surface area (Å²) >= 11 is 5.90. The number of fused-ring (bicyclic) bond motifs is 1. The van der Waals surface area contributed by atoms with E-state index < -0.39 is 41.0 Å². The van der Waals surface area contributed by atoms with Gasteiger partial charge in [-0.05, 0) is 6.42 Å². The fourth-order valence-corrected chi connectivity index (χ4v) is 2.42. The Kier molecular flexibility index (Phi) is 4.80. The van der Waals surface area contributed by atoms with Crippen molar-refractivity contribution in [2.24, 2.45) is 0 Å². The fourth-order valence-electron chi connectivity index (χ4n) is 2.17. The molecule has 0 bridgehead atoms. The van der Waals surface area contributed by atoms with Crippen LogP contribution in [0.1, 0.15) is 33.6 Å². The van der Waals surface area contributed by atoms with E-state index in [0.29, 0.717) is 0 Å². The third-order valence-corrected chi connectivity index (χ3v) is 3.69. The quantitative estimate of drug-likeness (QED) is 0.717. The van der Waals surface area contributed by atoms with Gasteiger partial charge in [0.2, 0.25) is 11.6 Å². The minimum absolute atomic E-state index is 0.117. The number of halogens is 1. The van der Waals surface area contributed by atoms with Crippen LogP contribution in [0.2, 0.25) is 0 Å². The predicted octanol–water partition coefficient (Wildman–Crippen LogP) is 1.42. The van der Waals surface area contributed by atoms with Crippen LogP contribution in [0, 0.1) is 0 Å². The molecular weight excluding hydrogens is 326 g/mol. The third kappa shape index (κ3) is 3.40. The molecule has 1 aromatic rings. The van der Waals surface area contributed by atoms with Gasteiger partial charge in [0.15, 0.2) is 0 Å². The Morgan fingerprint density at radius 1 is 1.09 bits per heavy atom. The number of hydrogen-bond acceptors (Lipinski definition) is 5. The average molecular weight is 338 g/mol. The van der Waals surface area contributed by atoms with Gasteiger partial charge in [-0.1, -0.05) is 35.9 Å². The molecule has 0 saturated heterocycles. The van der Waals surface area contributed by atoms with Gasteiger partial charge in [0.1, 0.15) is 16.8 Å². The Morgan fingerprint density at radius 2 is 1.65 bits per heavy atom. The second-order valence-electron chi connectivity index (χ2n) is 4.86. The zero-order valence-electron chi connectivity index (χ0n) is 11.7. The van der Waals surface area contributed by atoms with Crippen LogP contribution in [0.3, 0.4) is 0 Å². The molecule has 0 radical (unpaired) electrons. The number of carbonyl (C=O) groups excluding carboxylic acids is 2. The van der Waals surface area contributed by atoms with Crippen molar-refractivity contribution >= 4 is 35.1 Å². The molecule has 7 nitrogen and oxygen atoms in total. The van der Waals surface area contributed by atoms with Crippen LogP contribution in [0.25, 0.3) is 0 Å². The third-order valence-electron chi connectivity index (χ3n) is 3.33. The molecule has 0 amide bonds. The minimum atomic E-state index is -1.35. The molecule has 2 rings (SSSR count). The summed E-state index contributed by atoms with van der Waals surface area (Å²) < 4.78 is 0. The monoisotopic (exact) mass is 337 g/mol. The maximum atomic E-state index is 12.4. The smallest absolute Gasteiger partial charge is 0.326 e. The fraction of sp³-hybridized carbons (Fsp3) is 0.200. The van der Waals surface area contributed by atoms with E-state index in [1.165, 1.54) is 12.1 Å². The SMILES string of the molecule is O=C(O)CC[C@H](NC1=C(Cl)C(=O)c2ccccc2C1=O)C(=O)O. The first-order chi connectivity index (χ1) is 10.8. The molecule has 1 aliphatic rings. The summed E-state index contributed by atoms with van der Waals surface area (Å²) in [6.07, 6.45) is -0.672. The first kappa shape index (κ1) is 16.7. The van der Waals surface area contributed by atoms with E-state index in [1.807, 2.05) is 0 Å². The van der Waals surface area contributed by atoms with Gasteiger partial charge < -0.3 is 15.5 Å². The van der Waals surface area contributed by atoms with Crippen LogP contribution >= 0.6 is 11.6 Å². The highest BCUT2D eigenvalue weighted by atomic mass is 35.5. The normalized spacial score (nSPS) is 15.2. The van der Waals surface area contributed by atoms with Gasteiger partial charge in [-0.15, -0.1) is 0 Å². The lowest BCUT2D eigenvalue weighted by atomic mass is 9.92. The molecule has 1 aliphatic carbocycles. The Morgan fingerprint density at radius 3 is 2.17 bits per heavy atom. The van der Waals surface area contributed by atoms with Crippen LogP contribution in [-0.4, -0.2) is 39.8 Å². The van der Waals surface area contributed by atoms with Crippen molar-refractivity contribution in [3.05, 3.63) is 46.1 Å². The first-order valence-electron chi connectivity index (χ1n) is 6.62. The zero-order chi connectivity index (χ0) is 17.1. The van der Waals surface area contributed by atoms with Gasteiger partial charge in [0, 0.05) is 17.5 Å². The summed E-state index contributed by atoms with van der Waals surface area (Å²) in [4.78, 5) is 46.4. The minimum Gasteiger partial charge on any atom is -0.481 e. The number of nitrogens with one attached hydrogen (secondary N) is 1. The van der Waals surface area contributed by atoms with Crippen molar-refractivity contribution in [2.45, 2.75) is 18.9 Å². The Labute approximate surface area is 135 Å². The molecule has 23 heavy (non-hydrogen) atoms. The summed E-state index contributed by atoms with van der Waals surface area (Å²) in [5.74, 6) is -3.71. The van der Waals surface area contributed by atoms with E-state index in [2.05, 4.69) is 5.32 Å². The molecular formula is C15H12ClNO6. The molecule has 8 heteroatoms. The summed E-state index contributed by atoms with van der Waals surface area (Å²) in [5, 5.41) is 19.8. The molecule has 0 heterocycles. The van der Waals surface area contributed by atoms with Crippen LogP contribution < -0.4 is 5.32 Å². The number of carboxylic acids is 2. The maximum Gasteiger partial charge on any atom is 0.326 e. The van der Waals surface area contributed by atoms with Crippen molar-refractivity contribution in [1.82, 2.24) is 5.32 Å². The average Bonchev–Trinajstić information content (AvgIpc) is 2.51. The molecule has 0 unspecified atom stereocenters. The molecule has 0 aromatic heterocycles. The Bertz CT molecular complexity index is 739. The lowest BCUT2D eigenvalue weighted by molar-refractivity contribution is -0.140. The lowest BCUT2D eigenvalue weighted by Gasteiger charge is -2.22. The van der Waals surface area contributed by atoms with E-state index in [9.17, 15) is 19.2 Å². The number of hydrogen-bond donors (Lipinski definition) is 3. The Hall–Kier alpha value is -2.67. The summed E-state index contributed by atoms with van der Waals surface area (Å²) in [6.45, 7) is 0. The number of carbonyl (C=O) groups is 4. The summed E-state index contributed by atoms with van der Waals surface area (Å²) in [5.41, 5.74) is -0.0645. The largest absolute Gasteiger partial charge is 0.481 e. The molecule has 0 saturated carbocycles. The highest BCUT2D eigenvalue weighted by molar-refractivity contribution is 6.49. The van der Waals surface area contributed by atoms with Gasteiger partial charge in [0.25, 0.3) is 0 Å². The van der Waals surface area contributed by atoms with E-state index in [0.717, 1.165) is 0 Å². The predicted molar refractivity (Wildman–Crippen MR) is 79.4 cm³/mol. The maximum absolute atomic E-state index is 12.4. The molecule has 0 spiro atoms. The summed E-state index contributed by atoms with van der Waals surface area (Å²) in [6, 6.07) is 4.69. The number of Topliss-reactive ketones (excluding diaryl/α,β-unsaturated/α-hetero) is 2. The van der Waals surface area contributed by atoms with Crippen molar-refractivity contribution in [2.75, 3.05) is 0 Å². The molecule has 0 aliphatic heterocycles. The second kappa shape index (κ2) is 6.62. The van der Waals surface area contributed by atoms with E-state index >= 15 is 0 Å². The molecule has 3 N–H and O–H groups in total. The number of allylic oxidation sites excluding steroid dienone is 2. The Balaban J connectivity index is 2.32. The number of benzene rings is 1.